The number of aliphatic hydroxyl groups is 1. The van der Waals surface area contributed by atoms with Crippen molar-refractivity contribution in [2.24, 2.45) is 0 Å². The Labute approximate surface area is 111 Å². The van der Waals surface area contributed by atoms with Crippen molar-refractivity contribution < 1.29 is 5.11 Å². The Balaban J connectivity index is 0.00000137. The SMILES string of the molecule is C#CCNC1(O)CCC(=C/CC)/C1=C\C=C.CC. The summed E-state index contributed by atoms with van der Waals surface area (Å²) in [5.74, 6) is 2.49. The maximum Gasteiger partial charge on any atom is 0.143 e. The van der Waals surface area contributed by atoms with Gasteiger partial charge in [0, 0.05) is 5.57 Å². The number of rotatable bonds is 4. The number of hydrogen-bond donors (Lipinski definition) is 2. The van der Waals surface area contributed by atoms with E-state index in [0.29, 0.717) is 13.0 Å². The van der Waals surface area contributed by atoms with Crippen LogP contribution in [-0.4, -0.2) is 17.4 Å². The predicted octanol–water partition coefficient (Wildman–Crippen LogP) is 3.17. The minimum atomic E-state index is -0.985. The van der Waals surface area contributed by atoms with Crippen molar-refractivity contribution in [3.05, 3.63) is 36.0 Å². The summed E-state index contributed by atoms with van der Waals surface area (Å²) in [5, 5.41) is 13.4. The highest BCUT2D eigenvalue weighted by atomic mass is 16.3. The zero-order valence-electron chi connectivity index (χ0n) is 11.8. The van der Waals surface area contributed by atoms with Gasteiger partial charge in [0.1, 0.15) is 5.72 Å². The molecule has 0 aliphatic heterocycles. The second-order valence-electron chi connectivity index (χ2n) is 3.87. The molecule has 1 atom stereocenters. The van der Waals surface area contributed by atoms with Gasteiger partial charge in [0.15, 0.2) is 0 Å². The van der Waals surface area contributed by atoms with Crippen LogP contribution in [0.4, 0.5) is 0 Å². The fourth-order valence-electron chi connectivity index (χ4n) is 2.05. The van der Waals surface area contributed by atoms with Gasteiger partial charge in [0.2, 0.25) is 0 Å². The molecule has 1 aliphatic rings. The first-order chi connectivity index (χ1) is 8.68. The van der Waals surface area contributed by atoms with Crippen LogP contribution in [0.3, 0.4) is 0 Å². The van der Waals surface area contributed by atoms with E-state index < -0.39 is 5.72 Å². The van der Waals surface area contributed by atoms with Crippen molar-refractivity contribution in [3.8, 4) is 12.3 Å². The average Bonchev–Trinajstić information content (AvgIpc) is 2.70. The van der Waals surface area contributed by atoms with E-state index >= 15 is 0 Å². The number of terminal acetylenes is 1. The van der Waals surface area contributed by atoms with Gasteiger partial charge in [0.25, 0.3) is 0 Å². The lowest BCUT2D eigenvalue weighted by Gasteiger charge is -2.25. The van der Waals surface area contributed by atoms with Crippen LogP contribution in [0, 0.1) is 12.3 Å². The molecule has 0 spiro atoms. The molecular weight excluding hydrogens is 222 g/mol. The van der Waals surface area contributed by atoms with E-state index in [1.54, 1.807) is 6.08 Å². The van der Waals surface area contributed by atoms with E-state index in [9.17, 15) is 5.11 Å². The number of hydrogen-bond acceptors (Lipinski definition) is 2. The minimum Gasteiger partial charge on any atom is -0.372 e. The van der Waals surface area contributed by atoms with Gasteiger partial charge in [-0.15, -0.1) is 6.42 Å². The third kappa shape index (κ3) is 4.18. The highest BCUT2D eigenvalue weighted by Crippen LogP contribution is 2.37. The van der Waals surface area contributed by atoms with Crippen LogP contribution in [-0.2, 0) is 0 Å². The molecular formula is C16H25NO. The van der Waals surface area contributed by atoms with E-state index in [1.165, 1.54) is 5.57 Å². The topological polar surface area (TPSA) is 32.3 Å². The van der Waals surface area contributed by atoms with Gasteiger partial charge < -0.3 is 5.11 Å². The standard InChI is InChI=1S/C14H19NO.C2H6/c1-4-7-12-9-10-14(16,15-11-6-3)13(12)8-5-2;1-2/h3,5,7-8,15-16H,2,4,9-11H2,1H3;1-2H3/b12-7-,13-8+;. The zero-order valence-corrected chi connectivity index (χ0v) is 11.8. The summed E-state index contributed by atoms with van der Waals surface area (Å²) >= 11 is 0. The molecule has 0 saturated heterocycles. The van der Waals surface area contributed by atoms with E-state index in [4.69, 9.17) is 6.42 Å². The molecule has 0 radical (unpaired) electrons. The molecule has 1 fully saturated rings. The molecule has 0 heterocycles. The largest absolute Gasteiger partial charge is 0.372 e. The first-order valence-electron chi connectivity index (χ1n) is 6.61. The van der Waals surface area contributed by atoms with Gasteiger partial charge in [0.05, 0.1) is 6.54 Å². The first kappa shape index (κ1) is 16.7. The summed E-state index contributed by atoms with van der Waals surface area (Å²) in [4.78, 5) is 0. The van der Waals surface area contributed by atoms with Gasteiger partial charge in [-0.1, -0.05) is 51.5 Å². The van der Waals surface area contributed by atoms with E-state index in [-0.39, 0.29) is 0 Å². The Bertz CT molecular complexity index is 360. The smallest absolute Gasteiger partial charge is 0.143 e. The van der Waals surface area contributed by atoms with Crippen molar-refractivity contribution in [2.75, 3.05) is 6.54 Å². The van der Waals surface area contributed by atoms with Crippen LogP contribution in [0.15, 0.2) is 36.0 Å². The second kappa shape index (κ2) is 8.74. The summed E-state index contributed by atoms with van der Waals surface area (Å²) in [6, 6.07) is 0. The monoisotopic (exact) mass is 247 g/mol. The quantitative estimate of drug-likeness (QED) is 0.591. The van der Waals surface area contributed by atoms with Gasteiger partial charge >= 0.3 is 0 Å². The van der Waals surface area contributed by atoms with Crippen molar-refractivity contribution in [1.29, 1.82) is 0 Å². The van der Waals surface area contributed by atoms with Crippen molar-refractivity contribution in [3.63, 3.8) is 0 Å². The third-order valence-electron chi connectivity index (χ3n) is 2.77. The first-order valence-corrected chi connectivity index (χ1v) is 6.61. The van der Waals surface area contributed by atoms with Gasteiger partial charge in [-0.3, -0.25) is 5.32 Å². The van der Waals surface area contributed by atoms with E-state index in [2.05, 4.69) is 30.8 Å². The normalized spacial score (nSPS) is 26.6. The molecule has 2 nitrogen and oxygen atoms in total. The fraction of sp³-hybridized carbons (Fsp3) is 0.500. The molecule has 1 aliphatic carbocycles. The van der Waals surface area contributed by atoms with Gasteiger partial charge in [-0.25, -0.2) is 0 Å². The summed E-state index contributed by atoms with van der Waals surface area (Å²) < 4.78 is 0. The van der Waals surface area contributed by atoms with Crippen LogP contribution >= 0.6 is 0 Å². The van der Waals surface area contributed by atoms with E-state index in [1.807, 2.05) is 19.9 Å². The van der Waals surface area contributed by atoms with E-state index in [0.717, 1.165) is 18.4 Å². The molecule has 1 saturated carbocycles. The molecule has 0 aromatic rings. The average molecular weight is 247 g/mol. The second-order valence-corrected chi connectivity index (χ2v) is 3.87. The lowest BCUT2D eigenvalue weighted by Crippen LogP contribution is -2.44. The highest BCUT2D eigenvalue weighted by Gasteiger charge is 2.37. The molecule has 1 rings (SSSR count). The van der Waals surface area contributed by atoms with Gasteiger partial charge in [-0.2, -0.15) is 0 Å². The molecule has 0 aromatic carbocycles. The third-order valence-corrected chi connectivity index (χ3v) is 2.77. The summed E-state index contributed by atoms with van der Waals surface area (Å²) in [7, 11) is 0. The van der Waals surface area contributed by atoms with Crippen LogP contribution < -0.4 is 5.32 Å². The van der Waals surface area contributed by atoms with Gasteiger partial charge in [-0.05, 0) is 24.8 Å². The zero-order chi connectivity index (χ0) is 14.0. The molecule has 0 aromatic heterocycles. The Morgan fingerprint density at radius 1 is 1.56 bits per heavy atom. The Morgan fingerprint density at radius 3 is 2.72 bits per heavy atom. The number of allylic oxidation sites excluding steroid dienone is 3. The van der Waals surface area contributed by atoms with Crippen LogP contribution in [0.25, 0.3) is 0 Å². The molecule has 2 heteroatoms. The lowest BCUT2D eigenvalue weighted by molar-refractivity contribution is 0.0537. The van der Waals surface area contributed by atoms with Crippen molar-refractivity contribution >= 4 is 0 Å². The number of nitrogens with one attached hydrogen (secondary N) is 1. The Kier molecular flexibility index (Phi) is 8.11. The minimum absolute atomic E-state index is 0.365. The van der Waals surface area contributed by atoms with Crippen molar-refractivity contribution in [1.82, 2.24) is 5.32 Å². The Morgan fingerprint density at radius 2 is 2.22 bits per heavy atom. The molecule has 2 N–H and O–H groups in total. The van der Waals surface area contributed by atoms with Crippen LogP contribution in [0.1, 0.15) is 40.0 Å². The molecule has 18 heavy (non-hydrogen) atoms. The predicted molar refractivity (Wildman–Crippen MR) is 79.0 cm³/mol. The highest BCUT2D eigenvalue weighted by molar-refractivity contribution is 5.44. The maximum atomic E-state index is 10.4. The molecule has 100 valence electrons. The van der Waals surface area contributed by atoms with Crippen LogP contribution in [0.2, 0.25) is 0 Å². The summed E-state index contributed by atoms with van der Waals surface area (Å²) in [6.07, 6.45) is 13.4. The maximum absolute atomic E-state index is 10.4. The van der Waals surface area contributed by atoms with Crippen molar-refractivity contribution in [2.45, 2.75) is 45.8 Å². The van der Waals surface area contributed by atoms with Crippen LogP contribution in [0.5, 0.6) is 0 Å². The Hall–Kier alpha value is -1.30. The molecule has 0 amide bonds. The lowest BCUT2D eigenvalue weighted by atomic mass is 10.0. The molecule has 0 bridgehead atoms. The summed E-state index contributed by atoms with van der Waals surface area (Å²) in [5.41, 5.74) is 1.11. The molecule has 1 unspecified atom stereocenters. The fourth-order valence-corrected chi connectivity index (χ4v) is 2.05. The summed E-state index contributed by atoms with van der Waals surface area (Å²) in [6.45, 7) is 10.1.